The molecule has 1 aromatic carbocycles. The van der Waals surface area contributed by atoms with Crippen molar-refractivity contribution in [3.05, 3.63) is 23.9 Å². The van der Waals surface area contributed by atoms with Gasteiger partial charge in [0.25, 0.3) is 5.91 Å². The first kappa shape index (κ1) is 23.5. The highest BCUT2D eigenvalue weighted by atomic mass is 16.5. The quantitative estimate of drug-likeness (QED) is 0.673. The largest absolute Gasteiger partial charge is 0.496 e. The second kappa shape index (κ2) is 9.27. The van der Waals surface area contributed by atoms with Crippen molar-refractivity contribution in [1.82, 2.24) is 14.8 Å². The number of aromatic nitrogens is 1. The van der Waals surface area contributed by atoms with E-state index in [0.29, 0.717) is 36.2 Å². The molecular weight excluding hydrogens is 418 g/mol. The lowest BCUT2D eigenvalue weighted by molar-refractivity contribution is -0.134. The first-order chi connectivity index (χ1) is 15.8. The monoisotopic (exact) mass is 455 g/mol. The summed E-state index contributed by atoms with van der Waals surface area (Å²) in [5, 5.41) is 4.15. The Hall–Kier alpha value is -2.70. The molecule has 2 amide bonds. The van der Waals surface area contributed by atoms with E-state index in [1.165, 1.54) is 6.42 Å². The van der Waals surface area contributed by atoms with Crippen molar-refractivity contribution in [3.8, 4) is 11.5 Å². The number of unbranched alkanes of at least 4 members (excludes halogenated alkanes) is 1. The fraction of sp³-hybridized carbons (Fsp3) is 0.615. The van der Waals surface area contributed by atoms with Crippen LogP contribution in [-0.4, -0.2) is 53.6 Å². The number of amides is 2. The van der Waals surface area contributed by atoms with Gasteiger partial charge in [-0.05, 0) is 50.3 Å². The van der Waals surface area contributed by atoms with Gasteiger partial charge in [0.1, 0.15) is 22.7 Å². The van der Waals surface area contributed by atoms with E-state index in [1.54, 1.807) is 19.1 Å². The van der Waals surface area contributed by atoms with Crippen LogP contribution in [0.4, 0.5) is 0 Å². The topological polar surface area (TPSA) is 72.8 Å². The molecule has 0 bridgehead atoms. The fourth-order valence-electron chi connectivity index (χ4n) is 5.48. The average Bonchev–Trinajstić information content (AvgIpc) is 3.19. The first-order valence-electron chi connectivity index (χ1n) is 12.2. The fourth-order valence-corrected chi connectivity index (χ4v) is 5.48. The predicted molar refractivity (Wildman–Crippen MR) is 129 cm³/mol. The summed E-state index contributed by atoms with van der Waals surface area (Å²) in [6, 6.07) is 5.73. The smallest absolute Gasteiger partial charge is 0.271 e. The number of hydrogen-bond donors (Lipinski definition) is 1. The van der Waals surface area contributed by atoms with Gasteiger partial charge < -0.3 is 24.3 Å². The summed E-state index contributed by atoms with van der Waals surface area (Å²) in [5.74, 6) is 1.60. The molecule has 0 saturated heterocycles. The van der Waals surface area contributed by atoms with E-state index in [0.717, 1.165) is 43.0 Å². The van der Waals surface area contributed by atoms with Crippen molar-refractivity contribution in [2.45, 2.75) is 77.4 Å². The molecule has 0 spiro atoms. The summed E-state index contributed by atoms with van der Waals surface area (Å²) in [4.78, 5) is 29.4. The van der Waals surface area contributed by atoms with Gasteiger partial charge in [-0.15, -0.1) is 0 Å². The van der Waals surface area contributed by atoms with Crippen LogP contribution >= 0.6 is 0 Å². The Morgan fingerprint density at radius 3 is 2.55 bits per heavy atom. The standard InChI is InChI=1S/C26H37N3O4/c1-6-7-14-29-24(30)20-15-18-21(32-4)12-13-22(33-5)23(18)28(20)16-26(29,3)25(31)27-19-11-9-8-10-17(19)2/h12-13,15,17,19H,6-11,14,16H2,1-5H3,(H,27,31)/t17-,19+,26+/m0/s1. The molecule has 1 saturated carbocycles. The number of methoxy groups -OCH3 is 2. The lowest BCUT2D eigenvalue weighted by atomic mass is 9.85. The summed E-state index contributed by atoms with van der Waals surface area (Å²) in [6.07, 6.45) is 6.27. The van der Waals surface area contributed by atoms with Gasteiger partial charge in [0, 0.05) is 18.0 Å². The van der Waals surface area contributed by atoms with Gasteiger partial charge in [-0.3, -0.25) is 9.59 Å². The van der Waals surface area contributed by atoms with Gasteiger partial charge in [-0.1, -0.05) is 33.1 Å². The van der Waals surface area contributed by atoms with Crippen LogP contribution in [0, 0.1) is 5.92 Å². The highest BCUT2D eigenvalue weighted by Crippen LogP contribution is 2.40. The Labute approximate surface area is 196 Å². The highest BCUT2D eigenvalue weighted by molar-refractivity contribution is 6.05. The summed E-state index contributed by atoms with van der Waals surface area (Å²) in [7, 11) is 3.24. The molecule has 2 aromatic rings. The van der Waals surface area contributed by atoms with Crippen molar-refractivity contribution >= 4 is 22.7 Å². The maximum absolute atomic E-state index is 13.8. The van der Waals surface area contributed by atoms with E-state index in [-0.39, 0.29) is 17.9 Å². The number of hydrogen-bond acceptors (Lipinski definition) is 4. The number of fused-ring (bicyclic) bond motifs is 3. The van der Waals surface area contributed by atoms with E-state index in [9.17, 15) is 9.59 Å². The summed E-state index contributed by atoms with van der Waals surface area (Å²) < 4.78 is 13.2. The minimum absolute atomic E-state index is 0.0694. The Bertz CT molecular complexity index is 1050. The van der Waals surface area contributed by atoms with Crippen LogP contribution in [0.1, 0.15) is 69.8 Å². The Morgan fingerprint density at radius 2 is 1.88 bits per heavy atom. The van der Waals surface area contributed by atoms with Crippen molar-refractivity contribution in [3.63, 3.8) is 0 Å². The number of ether oxygens (including phenoxy) is 2. The van der Waals surface area contributed by atoms with Crippen LogP contribution in [-0.2, 0) is 11.3 Å². The van der Waals surface area contributed by atoms with Crippen molar-refractivity contribution in [2.75, 3.05) is 20.8 Å². The summed E-state index contributed by atoms with van der Waals surface area (Å²) in [6.45, 7) is 7.14. The number of carbonyl (C=O) groups is 2. The number of benzene rings is 1. The molecule has 2 aliphatic rings. The molecule has 180 valence electrons. The highest BCUT2D eigenvalue weighted by Gasteiger charge is 2.48. The zero-order valence-corrected chi connectivity index (χ0v) is 20.6. The third kappa shape index (κ3) is 3.96. The van der Waals surface area contributed by atoms with Crippen molar-refractivity contribution in [2.24, 2.45) is 5.92 Å². The Balaban J connectivity index is 1.79. The molecule has 4 rings (SSSR count). The van der Waals surface area contributed by atoms with Crippen molar-refractivity contribution in [1.29, 1.82) is 0 Å². The number of rotatable bonds is 7. The Kier molecular flexibility index (Phi) is 6.59. The van der Waals surface area contributed by atoms with Crippen LogP contribution < -0.4 is 14.8 Å². The first-order valence-corrected chi connectivity index (χ1v) is 12.2. The molecule has 33 heavy (non-hydrogen) atoms. The second-order valence-electron chi connectivity index (χ2n) is 9.77. The lowest BCUT2D eigenvalue weighted by Crippen LogP contribution is -2.65. The average molecular weight is 456 g/mol. The molecule has 1 N–H and O–H groups in total. The molecule has 2 heterocycles. The van der Waals surface area contributed by atoms with Gasteiger partial charge in [0.05, 0.1) is 26.3 Å². The van der Waals surface area contributed by atoms with Crippen LogP contribution in [0.15, 0.2) is 18.2 Å². The molecule has 7 nitrogen and oxygen atoms in total. The number of nitrogens with one attached hydrogen (secondary N) is 1. The van der Waals surface area contributed by atoms with Crippen molar-refractivity contribution < 1.29 is 19.1 Å². The maximum atomic E-state index is 13.8. The molecule has 3 atom stereocenters. The van der Waals surface area contributed by atoms with E-state index < -0.39 is 5.54 Å². The van der Waals surface area contributed by atoms with Crippen LogP contribution in [0.3, 0.4) is 0 Å². The molecule has 1 aliphatic heterocycles. The second-order valence-corrected chi connectivity index (χ2v) is 9.77. The molecule has 7 heteroatoms. The van der Waals surface area contributed by atoms with E-state index >= 15 is 0 Å². The van der Waals surface area contributed by atoms with E-state index in [1.807, 2.05) is 29.7 Å². The lowest BCUT2D eigenvalue weighted by Gasteiger charge is -2.45. The Morgan fingerprint density at radius 1 is 1.18 bits per heavy atom. The minimum Gasteiger partial charge on any atom is -0.496 e. The van der Waals surface area contributed by atoms with Gasteiger partial charge >= 0.3 is 0 Å². The number of nitrogens with zero attached hydrogens (tertiary/aromatic N) is 2. The molecular formula is C26H37N3O4. The summed E-state index contributed by atoms with van der Waals surface area (Å²) >= 11 is 0. The van der Waals surface area contributed by atoms with Gasteiger partial charge in [-0.2, -0.15) is 0 Å². The zero-order valence-electron chi connectivity index (χ0n) is 20.6. The minimum atomic E-state index is -0.990. The van der Waals surface area contributed by atoms with E-state index in [2.05, 4.69) is 19.2 Å². The molecule has 0 radical (unpaired) electrons. The third-order valence-corrected chi connectivity index (χ3v) is 7.60. The number of carbonyl (C=O) groups excluding carboxylic acids is 2. The van der Waals surface area contributed by atoms with Gasteiger partial charge in [0.15, 0.2) is 0 Å². The molecule has 1 aliphatic carbocycles. The van der Waals surface area contributed by atoms with Crippen LogP contribution in [0.2, 0.25) is 0 Å². The van der Waals surface area contributed by atoms with Crippen LogP contribution in [0.5, 0.6) is 11.5 Å². The maximum Gasteiger partial charge on any atom is 0.271 e. The summed E-state index contributed by atoms with van der Waals surface area (Å²) in [5.41, 5.74) is 0.372. The van der Waals surface area contributed by atoms with Gasteiger partial charge in [0.2, 0.25) is 5.91 Å². The molecule has 0 unspecified atom stereocenters. The third-order valence-electron chi connectivity index (χ3n) is 7.60. The molecule has 1 fully saturated rings. The predicted octanol–water partition coefficient (Wildman–Crippen LogP) is 4.37. The van der Waals surface area contributed by atoms with Crippen LogP contribution in [0.25, 0.3) is 10.9 Å². The normalized spacial score (nSPS) is 25.1. The van der Waals surface area contributed by atoms with Gasteiger partial charge in [-0.25, -0.2) is 0 Å². The van der Waals surface area contributed by atoms with E-state index in [4.69, 9.17) is 9.47 Å². The zero-order chi connectivity index (χ0) is 23.8. The molecule has 1 aromatic heterocycles. The SMILES string of the molecule is CCCCN1C(=O)c2cc3c(OC)ccc(OC)c3n2C[C@]1(C)C(=O)N[C@@H]1CCCC[C@@H]1C.